The average molecular weight is 465 g/mol. The van der Waals surface area contributed by atoms with Crippen LogP contribution in [0.2, 0.25) is 0 Å². The second-order valence-corrected chi connectivity index (χ2v) is 11.1. The molecule has 2 aromatic rings. The van der Waals surface area contributed by atoms with E-state index in [0.29, 0.717) is 22.4 Å². The molecule has 6 nitrogen and oxygen atoms in total. The molecule has 0 fully saturated rings. The molecular weight excluding hydrogens is 428 g/mol. The van der Waals surface area contributed by atoms with E-state index >= 15 is 0 Å². The van der Waals surface area contributed by atoms with E-state index in [1.165, 1.54) is 0 Å². The molecule has 182 valence electrons. The van der Waals surface area contributed by atoms with Gasteiger partial charge in [-0.2, -0.15) is 0 Å². The molecule has 0 bridgehead atoms. The van der Waals surface area contributed by atoms with Crippen LogP contribution in [-0.4, -0.2) is 23.2 Å². The van der Waals surface area contributed by atoms with Gasteiger partial charge in [0.1, 0.15) is 5.75 Å². The molecule has 3 rings (SSSR count). The zero-order chi connectivity index (χ0) is 25.4. The molecule has 2 amide bonds. The summed E-state index contributed by atoms with van der Waals surface area (Å²) in [7, 11) is 0. The van der Waals surface area contributed by atoms with E-state index < -0.39 is 18.0 Å². The Morgan fingerprint density at radius 3 is 1.97 bits per heavy atom. The van der Waals surface area contributed by atoms with E-state index in [1.54, 1.807) is 13.8 Å². The Hall–Kier alpha value is -3.28. The van der Waals surface area contributed by atoms with Crippen LogP contribution in [-0.2, 0) is 20.4 Å². The lowest BCUT2D eigenvalue weighted by atomic mass is 9.77. The van der Waals surface area contributed by atoms with Crippen molar-refractivity contribution < 1.29 is 19.4 Å². The highest BCUT2D eigenvalue weighted by molar-refractivity contribution is 6.04. The number of phenolic OH excluding ortho intramolecular Hbond substituents is 1. The molecule has 34 heavy (non-hydrogen) atoms. The van der Waals surface area contributed by atoms with E-state index in [2.05, 4.69) is 10.6 Å². The molecule has 1 aliphatic rings. The number of benzene rings is 2. The summed E-state index contributed by atoms with van der Waals surface area (Å²) < 4.78 is 5.61. The van der Waals surface area contributed by atoms with Gasteiger partial charge in [-0.25, -0.2) is 9.59 Å². The largest absolute Gasteiger partial charge is 0.507 e. The molecule has 1 atom stereocenters. The standard InChI is InChI=1S/C28H36N2O4/c1-16(2)34-25(32)21-22(17-12-10-9-11-13-17)29-26(33)30-23(21)18-14-19(27(3,4)5)24(31)20(15-18)28(6,7)8/h9-16,23,31H,1-8H3,(H2,29,30,33). The number of nitrogens with one attached hydrogen (secondary N) is 2. The van der Waals surface area contributed by atoms with Crippen LogP contribution in [0, 0.1) is 0 Å². The highest BCUT2D eigenvalue weighted by Gasteiger charge is 2.37. The minimum Gasteiger partial charge on any atom is -0.507 e. The number of carbonyl (C=O) groups excluding carboxylic acids is 2. The molecule has 0 radical (unpaired) electrons. The molecule has 0 spiro atoms. The Kier molecular flexibility index (Phi) is 6.83. The van der Waals surface area contributed by atoms with Gasteiger partial charge in [0, 0.05) is 0 Å². The molecule has 2 aromatic carbocycles. The summed E-state index contributed by atoms with van der Waals surface area (Å²) in [6.45, 7) is 15.7. The van der Waals surface area contributed by atoms with Crippen LogP contribution in [0.3, 0.4) is 0 Å². The number of phenols is 1. The number of aromatic hydroxyl groups is 1. The van der Waals surface area contributed by atoms with Crippen molar-refractivity contribution in [3.05, 3.63) is 70.3 Å². The summed E-state index contributed by atoms with van der Waals surface area (Å²) in [5.41, 5.74) is 2.95. The van der Waals surface area contributed by atoms with Crippen molar-refractivity contribution in [2.75, 3.05) is 0 Å². The lowest BCUT2D eigenvalue weighted by molar-refractivity contribution is -0.143. The molecule has 1 unspecified atom stereocenters. The highest BCUT2D eigenvalue weighted by Crippen LogP contribution is 2.43. The van der Waals surface area contributed by atoms with Crippen molar-refractivity contribution >= 4 is 17.7 Å². The summed E-state index contributed by atoms with van der Waals surface area (Å²) in [6, 6.07) is 11.9. The number of carbonyl (C=O) groups is 2. The molecular formula is C28H36N2O4. The minimum atomic E-state index is -0.752. The molecule has 0 aromatic heterocycles. The first kappa shape index (κ1) is 25.3. The Labute approximate surface area is 202 Å². The lowest BCUT2D eigenvalue weighted by Crippen LogP contribution is -2.45. The van der Waals surface area contributed by atoms with Gasteiger partial charge in [0.25, 0.3) is 0 Å². The normalized spacial score (nSPS) is 16.9. The molecule has 1 aliphatic heterocycles. The second kappa shape index (κ2) is 9.16. The fraction of sp³-hybridized carbons (Fsp3) is 0.429. The SMILES string of the molecule is CC(C)OC(=O)C1=C(c2ccccc2)NC(=O)NC1c1cc(C(C)(C)C)c(O)c(C(C)(C)C)c1. The molecule has 0 saturated heterocycles. The summed E-state index contributed by atoms with van der Waals surface area (Å²) in [6.07, 6.45) is -0.328. The van der Waals surface area contributed by atoms with E-state index in [-0.39, 0.29) is 22.7 Å². The molecule has 6 heteroatoms. The average Bonchev–Trinajstić information content (AvgIpc) is 2.71. The quantitative estimate of drug-likeness (QED) is 0.506. The summed E-state index contributed by atoms with van der Waals surface area (Å²) >= 11 is 0. The second-order valence-electron chi connectivity index (χ2n) is 11.1. The fourth-order valence-corrected chi connectivity index (χ4v) is 4.11. The number of hydrogen-bond donors (Lipinski definition) is 3. The van der Waals surface area contributed by atoms with Gasteiger partial charge in [-0.1, -0.05) is 71.9 Å². The van der Waals surface area contributed by atoms with Crippen molar-refractivity contribution in [3.63, 3.8) is 0 Å². The van der Waals surface area contributed by atoms with E-state index in [0.717, 1.165) is 11.1 Å². The Balaban J connectivity index is 2.33. The van der Waals surface area contributed by atoms with Crippen LogP contribution < -0.4 is 10.6 Å². The van der Waals surface area contributed by atoms with E-state index in [1.807, 2.05) is 84.0 Å². The van der Waals surface area contributed by atoms with E-state index in [9.17, 15) is 14.7 Å². The van der Waals surface area contributed by atoms with Crippen molar-refractivity contribution in [1.29, 1.82) is 0 Å². The molecule has 0 saturated carbocycles. The van der Waals surface area contributed by atoms with Crippen LogP contribution in [0.4, 0.5) is 4.79 Å². The predicted molar refractivity (Wildman–Crippen MR) is 135 cm³/mol. The zero-order valence-corrected chi connectivity index (χ0v) is 21.4. The van der Waals surface area contributed by atoms with Crippen molar-refractivity contribution in [1.82, 2.24) is 10.6 Å². The van der Waals surface area contributed by atoms with Crippen LogP contribution in [0.5, 0.6) is 5.75 Å². The number of rotatable bonds is 4. The van der Waals surface area contributed by atoms with Gasteiger partial charge >= 0.3 is 12.0 Å². The van der Waals surface area contributed by atoms with Crippen molar-refractivity contribution in [2.45, 2.75) is 78.4 Å². The monoisotopic (exact) mass is 464 g/mol. The van der Waals surface area contributed by atoms with Gasteiger partial charge in [0.05, 0.1) is 23.4 Å². The molecule has 0 aliphatic carbocycles. The maximum Gasteiger partial charge on any atom is 0.338 e. The first-order valence-electron chi connectivity index (χ1n) is 11.7. The Bertz CT molecular complexity index is 1080. The maximum atomic E-state index is 13.4. The Morgan fingerprint density at radius 2 is 1.50 bits per heavy atom. The number of esters is 1. The number of amides is 2. The van der Waals surface area contributed by atoms with Gasteiger partial charge in [-0.3, -0.25) is 0 Å². The highest BCUT2D eigenvalue weighted by atomic mass is 16.5. The van der Waals surface area contributed by atoms with Crippen molar-refractivity contribution in [3.8, 4) is 5.75 Å². The third-order valence-corrected chi connectivity index (χ3v) is 5.78. The summed E-state index contributed by atoms with van der Waals surface area (Å²) in [5.74, 6) is -0.267. The topological polar surface area (TPSA) is 87.7 Å². The number of hydrogen-bond acceptors (Lipinski definition) is 4. The predicted octanol–water partition coefficient (Wildman–Crippen LogP) is 5.70. The minimum absolute atomic E-state index is 0.239. The fourth-order valence-electron chi connectivity index (χ4n) is 4.11. The first-order valence-corrected chi connectivity index (χ1v) is 11.7. The van der Waals surface area contributed by atoms with Crippen LogP contribution in [0.1, 0.15) is 83.7 Å². The van der Waals surface area contributed by atoms with Gasteiger partial charge < -0.3 is 20.5 Å². The summed E-state index contributed by atoms with van der Waals surface area (Å²) in [5, 5.41) is 16.9. The van der Waals surface area contributed by atoms with E-state index in [4.69, 9.17) is 4.74 Å². The molecule has 3 N–H and O–H groups in total. The van der Waals surface area contributed by atoms with Gasteiger partial charge in [0.2, 0.25) is 0 Å². The van der Waals surface area contributed by atoms with Crippen LogP contribution in [0.25, 0.3) is 5.70 Å². The van der Waals surface area contributed by atoms with Gasteiger partial charge in [-0.15, -0.1) is 0 Å². The number of urea groups is 1. The molecule has 1 heterocycles. The smallest absolute Gasteiger partial charge is 0.338 e. The van der Waals surface area contributed by atoms with Gasteiger partial charge in [0.15, 0.2) is 0 Å². The third kappa shape index (κ3) is 5.27. The first-order chi connectivity index (χ1) is 15.7. The Morgan fingerprint density at radius 1 is 0.971 bits per heavy atom. The summed E-state index contributed by atoms with van der Waals surface area (Å²) in [4.78, 5) is 26.2. The maximum absolute atomic E-state index is 13.4. The number of ether oxygens (including phenoxy) is 1. The third-order valence-electron chi connectivity index (χ3n) is 5.78. The van der Waals surface area contributed by atoms with Crippen LogP contribution in [0.15, 0.2) is 48.0 Å². The lowest BCUT2D eigenvalue weighted by Gasteiger charge is -2.33. The van der Waals surface area contributed by atoms with Crippen molar-refractivity contribution in [2.24, 2.45) is 0 Å². The van der Waals surface area contributed by atoms with Gasteiger partial charge in [-0.05, 0) is 59.1 Å². The van der Waals surface area contributed by atoms with Crippen LogP contribution >= 0.6 is 0 Å². The zero-order valence-electron chi connectivity index (χ0n) is 21.4.